The van der Waals surface area contributed by atoms with Crippen LogP contribution in [0.4, 0.5) is 0 Å². The molecule has 6 rings (SSSR count). The highest BCUT2D eigenvalue weighted by atomic mass is 15.0. The molecule has 160 valence electrons. The molecule has 0 unspecified atom stereocenters. The molecule has 6 aromatic rings. The number of hydrogen-bond donors (Lipinski definition) is 0. The molecule has 4 nitrogen and oxygen atoms in total. The van der Waals surface area contributed by atoms with Crippen LogP contribution in [0.1, 0.15) is 11.4 Å². The number of nitrogens with zero attached hydrogens (tertiary/aromatic N) is 4. The molecule has 0 aliphatic heterocycles. The van der Waals surface area contributed by atoms with Crippen molar-refractivity contribution in [1.82, 2.24) is 19.1 Å². The average Bonchev–Trinajstić information content (AvgIpc) is 3.41. The molecule has 0 atom stereocenters. The van der Waals surface area contributed by atoms with Crippen LogP contribution in [0.2, 0.25) is 0 Å². The zero-order valence-corrected chi connectivity index (χ0v) is 18.9. The van der Waals surface area contributed by atoms with Gasteiger partial charge in [0.25, 0.3) is 0 Å². The Kier molecular flexibility index (Phi) is 4.40. The first-order valence-electron chi connectivity index (χ1n) is 11.2. The quantitative estimate of drug-likeness (QED) is 0.309. The molecular weight excluding hydrogens is 404 g/mol. The van der Waals surface area contributed by atoms with Gasteiger partial charge < -0.3 is 9.13 Å². The van der Waals surface area contributed by atoms with E-state index in [4.69, 9.17) is 4.98 Å². The van der Waals surface area contributed by atoms with E-state index in [0.717, 1.165) is 28.3 Å². The maximum atomic E-state index is 4.79. The molecule has 0 radical (unpaired) electrons. The number of fused-ring (bicyclic) bond motifs is 3. The molecule has 0 N–H and O–H groups in total. The molecule has 3 aromatic heterocycles. The highest BCUT2D eigenvalue weighted by molar-refractivity contribution is 6.14. The first-order chi connectivity index (χ1) is 16.1. The molecule has 0 fully saturated rings. The lowest BCUT2D eigenvalue weighted by atomic mass is 9.99. The SMILES string of the molecule is Cc1cc2c(c(C)n1)c1cccc(-c3cccc(-c4cn(C)cn4)c3)c1n2-c1ccccc1. The topological polar surface area (TPSA) is 35.6 Å². The number of para-hydroxylation sites is 2. The van der Waals surface area contributed by atoms with Crippen LogP contribution in [0.25, 0.3) is 49.9 Å². The van der Waals surface area contributed by atoms with Gasteiger partial charge in [0, 0.05) is 52.2 Å². The molecule has 0 bridgehead atoms. The maximum absolute atomic E-state index is 4.79. The zero-order chi connectivity index (χ0) is 22.5. The summed E-state index contributed by atoms with van der Waals surface area (Å²) in [6.45, 7) is 4.18. The highest BCUT2D eigenvalue weighted by Crippen LogP contribution is 2.39. The third kappa shape index (κ3) is 3.14. The molecule has 0 aliphatic rings. The van der Waals surface area contributed by atoms with Crippen LogP contribution in [0.15, 0.2) is 91.4 Å². The van der Waals surface area contributed by atoms with Crippen LogP contribution < -0.4 is 0 Å². The number of imidazole rings is 1. The summed E-state index contributed by atoms with van der Waals surface area (Å²) in [5.41, 5.74) is 10.1. The Morgan fingerprint density at radius 3 is 2.36 bits per heavy atom. The summed E-state index contributed by atoms with van der Waals surface area (Å²) in [6.07, 6.45) is 3.90. The van der Waals surface area contributed by atoms with Crippen molar-refractivity contribution in [2.24, 2.45) is 7.05 Å². The summed E-state index contributed by atoms with van der Waals surface area (Å²) < 4.78 is 4.36. The van der Waals surface area contributed by atoms with Gasteiger partial charge in [-0.05, 0) is 43.7 Å². The minimum Gasteiger partial charge on any atom is -0.340 e. The van der Waals surface area contributed by atoms with E-state index in [2.05, 4.69) is 108 Å². The van der Waals surface area contributed by atoms with Gasteiger partial charge in [-0.15, -0.1) is 0 Å². The van der Waals surface area contributed by atoms with Gasteiger partial charge in [-0.3, -0.25) is 4.98 Å². The van der Waals surface area contributed by atoms with Crippen LogP contribution in [-0.4, -0.2) is 19.1 Å². The number of benzene rings is 3. The van der Waals surface area contributed by atoms with Crippen molar-refractivity contribution in [2.45, 2.75) is 13.8 Å². The second-order valence-electron chi connectivity index (χ2n) is 8.62. The third-order valence-corrected chi connectivity index (χ3v) is 6.27. The molecule has 0 amide bonds. The smallest absolute Gasteiger partial charge is 0.0951 e. The molecule has 0 saturated heterocycles. The van der Waals surface area contributed by atoms with E-state index in [0.29, 0.717) is 0 Å². The fourth-order valence-corrected chi connectivity index (χ4v) is 4.91. The summed E-state index contributed by atoms with van der Waals surface area (Å²) in [5, 5.41) is 2.43. The molecule has 0 saturated carbocycles. The van der Waals surface area contributed by atoms with Gasteiger partial charge in [0.15, 0.2) is 0 Å². The first kappa shape index (κ1) is 19.5. The van der Waals surface area contributed by atoms with Gasteiger partial charge >= 0.3 is 0 Å². The third-order valence-electron chi connectivity index (χ3n) is 6.27. The number of rotatable bonds is 3. The van der Waals surface area contributed by atoms with E-state index in [-0.39, 0.29) is 0 Å². The minimum atomic E-state index is 0.978. The molecular formula is C29H24N4. The second kappa shape index (κ2) is 7.45. The lowest BCUT2D eigenvalue weighted by molar-refractivity contribution is 0.913. The van der Waals surface area contributed by atoms with Crippen molar-refractivity contribution in [2.75, 3.05) is 0 Å². The molecule has 33 heavy (non-hydrogen) atoms. The minimum absolute atomic E-state index is 0.978. The van der Waals surface area contributed by atoms with Crippen LogP contribution in [0, 0.1) is 13.8 Å². The van der Waals surface area contributed by atoms with Gasteiger partial charge in [-0.2, -0.15) is 0 Å². The largest absolute Gasteiger partial charge is 0.340 e. The van der Waals surface area contributed by atoms with Gasteiger partial charge in [0.2, 0.25) is 0 Å². The van der Waals surface area contributed by atoms with Gasteiger partial charge in [0.1, 0.15) is 0 Å². The van der Waals surface area contributed by atoms with Crippen molar-refractivity contribution in [1.29, 1.82) is 0 Å². The van der Waals surface area contributed by atoms with Gasteiger partial charge in [0.05, 0.1) is 23.1 Å². The van der Waals surface area contributed by atoms with Crippen LogP contribution in [0.3, 0.4) is 0 Å². The van der Waals surface area contributed by atoms with Crippen LogP contribution >= 0.6 is 0 Å². The molecule has 0 spiro atoms. The number of hydrogen-bond acceptors (Lipinski definition) is 2. The van der Waals surface area contributed by atoms with E-state index in [1.807, 2.05) is 17.9 Å². The fraction of sp³-hybridized carbons (Fsp3) is 0.103. The average molecular weight is 429 g/mol. The Bertz CT molecular complexity index is 1640. The summed E-state index contributed by atoms with van der Waals surface area (Å²) >= 11 is 0. The first-order valence-corrected chi connectivity index (χ1v) is 11.2. The molecule has 3 heterocycles. The van der Waals surface area contributed by atoms with Crippen molar-refractivity contribution in [3.8, 4) is 28.1 Å². The second-order valence-corrected chi connectivity index (χ2v) is 8.62. The zero-order valence-electron chi connectivity index (χ0n) is 18.9. The lowest BCUT2D eigenvalue weighted by Crippen LogP contribution is -1.96. The van der Waals surface area contributed by atoms with E-state index >= 15 is 0 Å². The predicted octanol–water partition coefficient (Wildman–Crippen LogP) is 6.86. The van der Waals surface area contributed by atoms with E-state index in [1.165, 1.54) is 32.9 Å². The molecule has 3 aromatic carbocycles. The molecule has 4 heteroatoms. The predicted molar refractivity (Wildman–Crippen MR) is 136 cm³/mol. The highest BCUT2D eigenvalue weighted by Gasteiger charge is 2.19. The summed E-state index contributed by atoms with van der Waals surface area (Å²) in [7, 11) is 2.00. The van der Waals surface area contributed by atoms with E-state index in [1.54, 1.807) is 0 Å². The Morgan fingerprint density at radius 1 is 0.788 bits per heavy atom. The lowest BCUT2D eigenvalue weighted by Gasteiger charge is -2.12. The van der Waals surface area contributed by atoms with Crippen LogP contribution in [0.5, 0.6) is 0 Å². The Morgan fingerprint density at radius 2 is 1.58 bits per heavy atom. The van der Waals surface area contributed by atoms with Gasteiger partial charge in [-0.1, -0.05) is 54.6 Å². The number of aromatic nitrogens is 4. The Labute approximate surface area is 192 Å². The van der Waals surface area contributed by atoms with Crippen LogP contribution in [-0.2, 0) is 7.05 Å². The standard InChI is InChI=1S/C29H24N4/c1-19-15-27-28(20(2)31-19)25-14-8-13-24(29(25)33(27)23-11-5-4-6-12-23)21-9-7-10-22(16-21)26-17-32(3)18-30-26/h4-18H,1-3H3. The van der Waals surface area contributed by atoms with E-state index in [9.17, 15) is 0 Å². The number of aryl methyl sites for hydroxylation is 3. The van der Waals surface area contributed by atoms with Crippen molar-refractivity contribution in [3.63, 3.8) is 0 Å². The van der Waals surface area contributed by atoms with Gasteiger partial charge in [-0.25, -0.2) is 4.98 Å². The summed E-state index contributed by atoms with van der Waals surface area (Å²) in [5.74, 6) is 0. The van der Waals surface area contributed by atoms with E-state index < -0.39 is 0 Å². The molecule has 0 aliphatic carbocycles. The fourth-order valence-electron chi connectivity index (χ4n) is 4.91. The summed E-state index contributed by atoms with van der Waals surface area (Å²) in [4.78, 5) is 9.35. The monoisotopic (exact) mass is 428 g/mol. The Hall–Kier alpha value is -4.18. The number of pyridine rings is 1. The van der Waals surface area contributed by atoms with Crippen molar-refractivity contribution < 1.29 is 0 Å². The normalized spacial score (nSPS) is 11.5. The maximum Gasteiger partial charge on any atom is 0.0951 e. The Balaban J connectivity index is 1.71. The van der Waals surface area contributed by atoms with Crippen molar-refractivity contribution >= 4 is 21.8 Å². The summed E-state index contributed by atoms with van der Waals surface area (Å²) in [6, 6.07) is 28.0. The van der Waals surface area contributed by atoms with Crippen molar-refractivity contribution in [3.05, 3.63) is 103 Å².